The van der Waals surface area contributed by atoms with E-state index in [2.05, 4.69) is 5.32 Å². The molecular weight excluding hydrogens is 375 g/mol. The van der Waals surface area contributed by atoms with Crippen LogP contribution in [-0.4, -0.2) is 29.2 Å². The van der Waals surface area contributed by atoms with Crippen LogP contribution in [0.1, 0.15) is 20.7 Å². The van der Waals surface area contributed by atoms with Crippen molar-refractivity contribution in [1.29, 1.82) is 0 Å². The molecule has 2 aromatic carbocycles. The van der Waals surface area contributed by atoms with E-state index >= 15 is 0 Å². The Morgan fingerprint density at radius 2 is 1.54 bits per heavy atom. The van der Waals surface area contributed by atoms with Crippen LogP contribution in [0.15, 0.2) is 36.4 Å². The minimum absolute atomic E-state index is 0.130. The molecule has 5 nitrogen and oxygen atoms in total. The highest BCUT2D eigenvalue weighted by atomic mass is 35.5. The van der Waals surface area contributed by atoms with Crippen LogP contribution in [0, 0.1) is 0 Å². The Kier molecular flexibility index (Phi) is 4.49. The van der Waals surface area contributed by atoms with Crippen LogP contribution in [0.25, 0.3) is 0 Å². The maximum atomic E-state index is 12.3. The third-order valence-corrected chi connectivity index (χ3v) is 4.38. The van der Waals surface area contributed by atoms with Crippen molar-refractivity contribution in [2.75, 3.05) is 11.9 Å². The molecule has 3 amide bonds. The first-order valence-electron chi connectivity index (χ1n) is 6.77. The summed E-state index contributed by atoms with van der Waals surface area (Å²) in [7, 11) is 0. The predicted molar refractivity (Wildman–Crippen MR) is 91.9 cm³/mol. The number of hydrogen-bond donors (Lipinski definition) is 1. The molecule has 0 atom stereocenters. The van der Waals surface area contributed by atoms with Crippen LogP contribution < -0.4 is 5.32 Å². The van der Waals surface area contributed by atoms with Gasteiger partial charge in [0, 0.05) is 10.7 Å². The average Bonchev–Trinajstić information content (AvgIpc) is 2.73. The highest BCUT2D eigenvalue weighted by Crippen LogP contribution is 2.31. The monoisotopic (exact) mass is 382 g/mol. The summed E-state index contributed by atoms with van der Waals surface area (Å²) in [6.45, 7) is -0.423. The van der Waals surface area contributed by atoms with Gasteiger partial charge in [-0.2, -0.15) is 0 Å². The molecule has 24 heavy (non-hydrogen) atoms. The van der Waals surface area contributed by atoms with Gasteiger partial charge in [-0.15, -0.1) is 0 Å². The lowest BCUT2D eigenvalue weighted by Gasteiger charge is -2.13. The molecule has 122 valence electrons. The molecule has 0 unspecified atom stereocenters. The summed E-state index contributed by atoms with van der Waals surface area (Å²) in [5.41, 5.74) is 0.727. The van der Waals surface area contributed by atoms with Gasteiger partial charge in [0.2, 0.25) is 5.91 Å². The summed E-state index contributed by atoms with van der Waals surface area (Å²) < 4.78 is 0. The second-order valence-electron chi connectivity index (χ2n) is 5.07. The Balaban J connectivity index is 1.78. The smallest absolute Gasteiger partial charge is 0.262 e. The Bertz CT molecular complexity index is 842. The molecule has 1 aliphatic heterocycles. The van der Waals surface area contributed by atoms with E-state index in [0.717, 1.165) is 4.90 Å². The lowest BCUT2D eigenvalue weighted by atomic mass is 10.1. The van der Waals surface area contributed by atoms with Crippen molar-refractivity contribution in [2.45, 2.75) is 0 Å². The lowest BCUT2D eigenvalue weighted by Crippen LogP contribution is -2.37. The van der Waals surface area contributed by atoms with Crippen molar-refractivity contribution in [3.8, 4) is 0 Å². The molecule has 0 saturated carbocycles. The molecule has 1 heterocycles. The Hall–Kier alpha value is -2.08. The summed E-state index contributed by atoms with van der Waals surface area (Å²) in [5.74, 6) is -1.70. The number of anilines is 1. The quantitative estimate of drug-likeness (QED) is 0.818. The number of benzene rings is 2. The summed E-state index contributed by atoms with van der Waals surface area (Å²) in [6.07, 6.45) is 0. The Morgan fingerprint density at radius 1 is 0.958 bits per heavy atom. The molecule has 3 rings (SSSR count). The van der Waals surface area contributed by atoms with Gasteiger partial charge in [0.05, 0.1) is 21.2 Å². The van der Waals surface area contributed by atoms with Crippen molar-refractivity contribution in [2.24, 2.45) is 0 Å². The third-order valence-electron chi connectivity index (χ3n) is 3.42. The van der Waals surface area contributed by atoms with Crippen molar-refractivity contribution in [1.82, 2.24) is 4.90 Å². The maximum absolute atomic E-state index is 12.3. The maximum Gasteiger partial charge on any atom is 0.262 e. The average molecular weight is 384 g/mol. The number of nitrogens with one attached hydrogen (secondary N) is 1. The van der Waals surface area contributed by atoms with E-state index in [1.54, 1.807) is 24.3 Å². The molecule has 0 bridgehead atoms. The standard InChI is InChI=1S/C16H9Cl3N2O3/c17-8-2-1-3-9(4-8)20-14(22)7-21-15(23)10-5-12(18)13(19)6-11(10)16(21)24/h1-6H,7H2,(H,20,22). The van der Waals surface area contributed by atoms with Gasteiger partial charge in [0.1, 0.15) is 6.54 Å². The second-order valence-corrected chi connectivity index (χ2v) is 6.32. The SMILES string of the molecule is O=C(CN1C(=O)c2cc(Cl)c(Cl)cc2C1=O)Nc1cccc(Cl)c1. The Labute approximate surface area is 152 Å². The predicted octanol–water partition coefficient (Wildman–Crippen LogP) is 3.88. The fourth-order valence-corrected chi connectivity index (χ4v) is 2.86. The van der Waals surface area contributed by atoms with E-state index in [0.29, 0.717) is 10.7 Å². The number of halogens is 3. The van der Waals surface area contributed by atoms with Gasteiger partial charge in [0.25, 0.3) is 11.8 Å². The normalized spacial score (nSPS) is 13.2. The topological polar surface area (TPSA) is 66.5 Å². The van der Waals surface area contributed by atoms with Crippen LogP contribution in [0.5, 0.6) is 0 Å². The molecule has 0 radical (unpaired) electrons. The van der Waals surface area contributed by atoms with Crippen LogP contribution >= 0.6 is 34.8 Å². The van der Waals surface area contributed by atoms with Gasteiger partial charge in [-0.05, 0) is 30.3 Å². The van der Waals surface area contributed by atoms with E-state index < -0.39 is 24.3 Å². The number of nitrogens with zero attached hydrogens (tertiary/aromatic N) is 1. The minimum Gasteiger partial charge on any atom is -0.324 e. The number of fused-ring (bicyclic) bond motifs is 1. The molecule has 0 aliphatic carbocycles. The summed E-state index contributed by atoms with van der Waals surface area (Å²) in [6, 6.07) is 9.19. The first-order chi connectivity index (χ1) is 11.4. The number of amides is 3. The van der Waals surface area contributed by atoms with Crippen LogP contribution in [0.2, 0.25) is 15.1 Å². The fourth-order valence-electron chi connectivity index (χ4n) is 2.34. The van der Waals surface area contributed by atoms with E-state index in [4.69, 9.17) is 34.8 Å². The first-order valence-corrected chi connectivity index (χ1v) is 7.91. The summed E-state index contributed by atoms with van der Waals surface area (Å²) in [5, 5.41) is 3.37. The summed E-state index contributed by atoms with van der Waals surface area (Å²) >= 11 is 17.6. The number of rotatable bonds is 3. The second kappa shape index (κ2) is 6.43. The van der Waals surface area contributed by atoms with Crippen molar-refractivity contribution in [3.63, 3.8) is 0 Å². The number of hydrogen-bond acceptors (Lipinski definition) is 3. The molecule has 1 aliphatic rings. The van der Waals surface area contributed by atoms with E-state index in [1.165, 1.54) is 12.1 Å². The molecule has 0 fully saturated rings. The zero-order valence-corrected chi connectivity index (χ0v) is 14.2. The third kappa shape index (κ3) is 3.11. The molecule has 2 aromatic rings. The molecule has 0 saturated heterocycles. The van der Waals surface area contributed by atoms with Crippen LogP contribution in [0.3, 0.4) is 0 Å². The van der Waals surface area contributed by atoms with Crippen LogP contribution in [0.4, 0.5) is 5.69 Å². The zero-order chi connectivity index (χ0) is 17.4. The number of imide groups is 1. The molecule has 0 aromatic heterocycles. The Morgan fingerprint density at radius 3 is 2.08 bits per heavy atom. The molecule has 8 heteroatoms. The highest BCUT2D eigenvalue weighted by Gasteiger charge is 2.37. The van der Waals surface area contributed by atoms with Crippen LogP contribution in [-0.2, 0) is 4.79 Å². The summed E-state index contributed by atoms with van der Waals surface area (Å²) in [4.78, 5) is 37.6. The van der Waals surface area contributed by atoms with E-state index in [9.17, 15) is 14.4 Å². The van der Waals surface area contributed by atoms with E-state index in [-0.39, 0.29) is 21.2 Å². The van der Waals surface area contributed by atoms with Gasteiger partial charge in [-0.25, -0.2) is 0 Å². The number of carbonyl (C=O) groups excluding carboxylic acids is 3. The zero-order valence-electron chi connectivity index (χ0n) is 12.0. The lowest BCUT2D eigenvalue weighted by molar-refractivity contribution is -0.116. The molecule has 1 N–H and O–H groups in total. The van der Waals surface area contributed by atoms with Gasteiger partial charge in [0.15, 0.2) is 0 Å². The first kappa shape index (κ1) is 16.8. The van der Waals surface area contributed by atoms with Gasteiger partial charge in [-0.3, -0.25) is 19.3 Å². The van der Waals surface area contributed by atoms with Crippen molar-refractivity contribution in [3.05, 3.63) is 62.6 Å². The van der Waals surface area contributed by atoms with Crippen molar-refractivity contribution >= 4 is 58.2 Å². The van der Waals surface area contributed by atoms with Gasteiger partial charge in [-0.1, -0.05) is 40.9 Å². The minimum atomic E-state index is -0.588. The van der Waals surface area contributed by atoms with Gasteiger partial charge < -0.3 is 5.32 Å². The van der Waals surface area contributed by atoms with Gasteiger partial charge >= 0.3 is 0 Å². The fraction of sp³-hybridized carbons (Fsp3) is 0.0625. The molecule has 0 spiro atoms. The largest absolute Gasteiger partial charge is 0.324 e. The molecular formula is C16H9Cl3N2O3. The highest BCUT2D eigenvalue weighted by molar-refractivity contribution is 6.43. The van der Waals surface area contributed by atoms with E-state index in [1.807, 2.05) is 0 Å². The number of carbonyl (C=O) groups is 3. The van der Waals surface area contributed by atoms with Crippen molar-refractivity contribution < 1.29 is 14.4 Å².